The Labute approximate surface area is 151 Å². The molecule has 4 nitrogen and oxygen atoms in total. The molecule has 24 heavy (non-hydrogen) atoms. The largest absolute Gasteiger partial charge is 0.483 e. The normalized spacial score (nSPS) is 10.9. The van der Waals surface area contributed by atoms with E-state index in [1.54, 1.807) is 18.2 Å². The molecule has 2 rings (SSSR count). The minimum atomic E-state index is -0.350. The third kappa shape index (κ3) is 4.73. The van der Waals surface area contributed by atoms with Gasteiger partial charge in [0.25, 0.3) is 5.91 Å². The Kier molecular flexibility index (Phi) is 6.23. The number of aryl methyl sites for hydroxylation is 2. The molecule has 0 aliphatic heterocycles. The molecule has 0 fully saturated rings. The molecule has 0 heterocycles. The lowest BCUT2D eigenvalue weighted by Gasteiger charge is -2.13. The SMILES string of the molecule is Cc1ccc(C)c(OCC(=O)N/N=C/c2ccc(Cl)cc2Cl)c1C. The number of hydrogen-bond acceptors (Lipinski definition) is 3. The van der Waals surface area contributed by atoms with Gasteiger partial charge in [-0.3, -0.25) is 4.79 Å². The van der Waals surface area contributed by atoms with Gasteiger partial charge in [-0.2, -0.15) is 5.10 Å². The second-order valence-corrected chi connectivity index (χ2v) is 6.24. The first-order valence-electron chi connectivity index (χ1n) is 7.35. The lowest BCUT2D eigenvalue weighted by molar-refractivity contribution is -0.123. The summed E-state index contributed by atoms with van der Waals surface area (Å²) in [5.74, 6) is 0.381. The Bertz CT molecular complexity index is 789. The number of ether oxygens (including phenoxy) is 1. The quantitative estimate of drug-likeness (QED) is 0.629. The minimum Gasteiger partial charge on any atom is -0.483 e. The summed E-state index contributed by atoms with van der Waals surface area (Å²) < 4.78 is 5.62. The highest BCUT2D eigenvalue weighted by molar-refractivity contribution is 6.36. The highest BCUT2D eigenvalue weighted by atomic mass is 35.5. The molecule has 2 aromatic rings. The average Bonchev–Trinajstić information content (AvgIpc) is 2.53. The van der Waals surface area contributed by atoms with Gasteiger partial charge < -0.3 is 4.74 Å². The summed E-state index contributed by atoms with van der Waals surface area (Å²) in [6.45, 7) is 5.80. The number of amides is 1. The predicted octanol–water partition coefficient (Wildman–Crippen LogP) is 4.45. The highest BCUT2D eigenvalue weighted by Gasteiger charge is 2.08. The van der Waals surface area contributed by atoms with Crippen LogP contribution in [0.4, 0.5) is 0 Å². The molecule has 0 spiro atoms. The first-order chi connectivity index (χ1) is 11.4. The van der Waals surface area contributed by atoms with E-state index in [2.05, 4.69) is 10.5 Å². The lowest BCUT2D eigenvalue weighted by atomic mass is 10.1. The van der Waals surface area contributed by atoms with Crippen molar-refractivity contribution in [2.45, 2.75) is 20.8 Å². The van der Waals surface area contributed by atoms with Crippen LogP contribution in [0, 0.1) is 20.8 Å². The van der Waals surface area contributed by atoms with Crippen LogP contribution in [0.15, 0.2) is 35.4 Å². The second kappa shape index (κ2) is 8.18. The lowest BCUT2D eigenvalue weighted by Crippen LogP contribution is -2.25. The number of nitrogens with one attached hydrogen (secondary N) is 1. The highest BCUT2D eigenvalue weighted by Crippen LogP contribution is 2.25. The number of halogens is 2. The van der Waals surface area contributed by atoms with Crippen molar-refractivity contribution in [3.05, 3.63) is 62.6 Å². The number of benzene rings is 2. The Morgan fingerprint density at radius 3 is 2.58 bits per heavy atom. The summed E-state index contributed by atoms with van der Waals surface area (Å²) in [4.78, 5) is 11.8. The van der Waals surface area contributed by atoms with Gasteiger partial charge in [0.2, 0.25) is 0 Å². The number of nitrogens with zero attached hydrogens (tertiary/aromatic N) is 1. The van der Waals surface area contributed by atoms with Crippen molar-refractivity contribution < 1.29 is 9.53 Å². The van der Waals surface area contributed by atoms with E-state index < -0.39 is 0 Å². The molecule has 0 bridgehead atoms. The van der Waals surface area contributed by atoms with Gasteiger partial charge in [-0.1, -0.05) is 41.4 Å². The molecule has 0 unspecified atom stereocenters. The van der Waals surface area contributed by atoms with E-state index in [0.717, 1.165) is 22.4 Å². The molecule has 0 saturated heterocycles. The fourth-order valence-corrected chi connectivity index (χ4v) is 2.55. The van der Waals surface area contributed by atoms with Crippen LogP contribution < -0.4 is 10.2 Å². The zero-order valence-electron chi connectivity index (χ0n) is 13.7. The number of rotatable bonds is 5. The van der Waals surface area contributed by atoms with E-state index >= 15 is 0 Å². The minimum absolute atomic E-state index is 0.114. The van der Waals surface area contributed by atoms with Gasteiger partial charge in [-0.15, -0.1) is 0 Å². The predicted molar refractivity (Wildman–Crippen MR) is 98.3 cm³/mol. The van der Waals surface area contributed by atoms with Crippen LogP contribution in [0.25, 0.3) is 0 Å². The standard InChI is InChI=1S/C18H18Cl2N2O2/c1-11-4-5-12(2)18(13(11)3)24-10-17(23)22-21-9-14-6-7-15(19)8-16(14)20/h4-9H,10H2,1-3H3,(H,22,23)/b21-9+. The van der Waals surface area contributed by atoms with Gasteiger partial charge in [-0.05, 0) is 49.6 Å². The zero-order valence-corrected chi connectivity index (χ0v) is 15.2. The van der Waals surface area contributed by atoms with E-state index in [9.17, 15) is 4.79 Å². The van der Waals surface area contributed by atoms with Crippen LogP contribution >= 0.6 is 23.2 Å². The van der Waals surface area contributed by atoms with Gasteiger partial charge in [-0.25, -0.2) is 5.43 Å². The van der Waals surface area contributed by atoms with E-state index in [1.165, 1.54) is 6.21 Å². The maximum absolute atomic E-state index is 11.8. The molecule has 0 aromatic heterocycles. The van der Waals surface area contributed by atoms with E-state index in [4.69, 9.17) is 27.9 Å². The molecule has 2 aromatic carbocycles. The van der Waals surface area contributed by atoms with Gasteiger partial charge in [0.05, 0.1) is 11.2 Å². The third-order valence-corrected chi connectivity index (χ3v) is 4.14. The summed E-state index contributed by atoms with van der Waals surface area (Å²) in [6.07, 6.45) is 1.46. The summed E-state index contributed by atoms with van der Waals surface area (Å²) in [5, 5.41) is 4.88. The molecule has 1 N–H and O–H groups in total. The van der Waals surface area contributed by atoms with Crippen LogP contribution in [0.2, 0.25) is 10.0 Å². The summed E-state index contributed by atoms with van der Waals surface area (Å²) >= 11 is 11.8. The number of hydrazone groups is 1. The molecular weight excluding hydrogens is 347 g/mol. The van der Waals surface area contributed by atoms with Crippen molar-refractivity contribution >= 4 is 35.3 Å². The fraction of sp³-hybridized carbons (Fsp3) is 0.222. The van der Waals surface area contributed by atoms with Crippen molar-refractivity contribution in [2.24, 2.45) is 5.10 Å². The Morgan fingerprint density at radius 2 is 1.88 bits per heavy atom. The Hall–Kier alpha value is -2.04. The monoisotopic (exact) mass is 364 g/mol. The third-order valence-electron chi connectivity index (χ3n) is 3.58. The fourth-order valence-electron chi connectivity index (χ4n) is 2.10. The summed E-state index contributed by atoms with van der Waals surface area (Å²) in [7, 11) is 0. The van der Waals surface area contributed by atoms with Crippen molar-refractivity contribution in [3.63, 3.8) is 0 Å². The van der Waals surface area contributed by atoms with E-state index in [1.807, 2.05) is 32.9 Å². The molecule has 0 aliphatic carbocycles. The van der Waals surface area contributed by atoms with Crippen LogP contribution in [0.1, 0.15) is 22.3 Å². The summed E-state index contributed by atoms with van der Waals surface area (Å²) in [5.41, 5.74) is 6.20. The van der Waals surface area contributed by atoms with Crippen molar-refractivity contribution in [3.8, 4) is 5.75 Å². The van der Waals surface area contributed by atoms with Crippen LogP contribution in [-0.2, 0) is 4.79 Å². The Balaban J connectivity index is 1.92. The van der Waals surface area contributed by atoms with Crippen molar-refractivity contribution in [1.29, 1.82) is 0 Å². The maximum Gasteiger partial charge on any atom is 0.277 e. The second-order valence-electron chi connectivity index (χ2n) is 5.40. The number of hydrogen-bond donors (Lipinski definition) is 1. The van der Waals surface area contributed by atoms with Gasteiger partial charge in [0.1, 0.15) is 5.75 Å². The molecular formula is C18H18Cl2N2O2. The van der Waals surface area contributed by atoms with Crippen LogP contribution in [-0.4, -0.2) is 18.7 Å². The average molecular weight is 365 g/mol. The summed E-state index contributed by atoms with van der Waals surface area (Å²) in [6, 6.07) is 9.02. The first kappa shape index (κ1) is 18.3. The molecule has 0 radical (unpaired) electrons. The van der Waals surface area contributed by atoms with Gasteiger partial charge in [0.15, 0.2) is 6.61 Å². The van der Waals surface area contributed by atoms with Crippen molar-refractivity contribution in [1.82, 2.24) is 5.43 Å². The first-order valence-corrected chi connectivity index (χ1v) is 8.10. The number of carbonyl (C=O) groups excluding carboxylic acids is 1. The van der Waals surface area contributed by atoms with Gasteiger partial charge in [0, 0.05) is 10.6 Å². The zero-order chi connectivity index (χ0) is 17.7. The van der Waals surface area contributed by atoms with Crippen molar-refractivity contribution in [2.75, 3.05) is 6.61 Å². The molecule has 126 valence electrons. The smallest absolute Gasteiger partial charge is 0.277 e. The maximum atomic E-state index is 11.8. The molecule has 0 saturated carbocycles. The molecule has 0 atom stereocenters. The van der Waals surface area contributed by atoms with Gasteiger partial charge >= 0.3 is 0 Å². The molecule has 0 aliphatic rings. The van der Waals surface area contributed by atoms with E-state index in [-0.39, 0.29) is 12.5 Å². The topological polar surface area (TPSA) is 50.7 Å². The van der Waals surface area contributed by atoms with Crippen LogP contribution in [0.5, 0.6) is 5.75 Å². The number of carbonyl (C=O) groups is 1. The molecule has 1 amide bonds. The Morgan fingerprint density at radius 1 is 1.17 bits per heavy atom. The van der Waals surface area contributed by atoms with Crippen LogP contribution in [0.3, 0.4) is 0 Å². The molecule has 6 heteroatoms. The van der Waals surface area contributed by atoms with E-state index in [0.29, 0.717) is 15.6 Å².